The van der Waals surface area contributed by atoms with Crippen LogP contribution in [0.25, 0.3) is 0 Å². The topological polar surface area (TPSA) is 38.3 Å². The largest absolute Gasteiger partial charge is 0.481 e. The molecular weight excluding hydrogens is 262 g/mol. The lowest BCUT2D eigenvalue weighted by Gasteiger charge is -2.24. The summed E-state index contributed by atoms with van der Waals surface area (Å²) in [4.78, 5) is 12.2. The van der Waals surface area contributed by atoms with E-state index < -0.39 is 6.10 Å². The summed E-state index contributed by atoms with van der Waals surface area (Å²) in [5.74, 6) is 0.837. The molecule has 0 bridgehead atoms. The highest BCUT2D eigenvalue weighted by atomic mass is 16.5. The van der Waals surface area contributed by atoms with Crippen molar-refractivity contribution in [3.05, 3.63) is 29.3 Å². The van der Waals surface area contributed by atoms with Gasteiger partial charge in [0.25, 0.3) is 5.91 Å². The lowest BCUT2D eigenvalue weighted by atomic mass is 9.95. The molecule has 1 N–H and O–H groups in total. The van der Waals surface area contributed by atoms with Crippen molar-refractivity contribution >= 4 is 5.91 Å². The van der Waals surface area contributed by atoms with Gasteiger partial charge in [0.2, 0.25) is 0 Å². The lowest BCUT2D eigenvalue weighted by Crippen LogP contribution is -2.43. The number of hydrogen-bond acceptors (Lipinski definition) is 2. The van der Waals surface area contributed by atoms with Crippen molar-refractivity contribution in [2.24, 2.45) is 0 Å². The van der Waals surface area contributed by atoms with Crippen molar-refractivity contribution in [2.75, 3.05) is 0 Å². The second-order valence-electron chi connectivity index (χ2n) is 6.39. The number of rotatable bonds is 4. The first-order valence-corrected chi connectivity index (χ1v) is 8.31. The summed E-state index contributed by atoms with van der Waals surface area (Å²) >= 11 is 0. The molecule has 3 nitrogen and oxygen atoms in total. The summed E-state index contributed by atoms with van der Waals surface area (Å²) in [6, 6.07) is 6.59. The molecule has 1 aromatic carbocycles. The number of nitrogens with one attached hydrogen (secondary N) is 1. The number of benzene rings is 1. The average molecular weight is 287 g/mol. The van der Waals surface area contributed by atoms with E-state index in [1.54, 1.807) is 0 Å². The Balaban J connectivity index is 1.55. The summed E-state index contributed by atoms with van der Waals surface area (Å²) in [6.07, 6.45) is 9.09. The molecule has 1 amide bonds. The van der Waals surface area contributed by atoms with Gasteiger partial charge in [-0.25, -0.2) is 0 Å². The van der Waals surface area contributed by atoms with Gasteiger partial charge in [0.1, 0.15) is 5.75 Å². The van der Waals surface area contributed by atoms with Crippen LogP contribution < -0.4 is 10.1 Å². The zero-order chi connectivity index (χ0) is 14.7. The molecule has 1 atom stereocenters. The van der Waals surface area contributed by atoms with Crippen molar-refractivity contribution < 1.29 is 9.53 Å². The Morgan fingerprint density at radius 3 is 2.71 bits per heavy atom. The third-order valence-electron chi connectivity index (χ3n) is 4.70. The highest BCUT2D eigenvalue weighted by Crippen LogP contribution is 2.26. The number of ether oxygens (including phenoxy) is 1. The lowest BCUT2D eigenvalue weighted by molar-refractivity contribution is -0.128. The second kappa shape index (κ2) is 6.50. The van der Waals surface area contributed by atoms with Crippen LogP contribution in [0.5, 0.6) is 5.75 Å². The van der Waals surface area contributed by atoms with Crippen LogP contribution in [-0.2, 0) is 17.6 Å². The SMILES string of the molecule is CC(Oc1ccc2c(c1)CCC2)C(=O)NC1CCCCC1. The van der Waals surface area contributed by atoms with Gasteiger partial charge in [0.05, 0.1) is 0 Å². The number of amides is 1. The minimum Gasteiger partial charge on any atom is -0.481 e. The van der Waals surface area contributed by atoms with Gasteiger partial charge in [0.15, 0.2) is 6.10 Å². The summed E-state index contributed by atoms with van der Waals surface area (Å²) in [6.45, 7) is 1.84. The van der Waals surface area contributed by atoms with E-state index in [0.717, 1.165) is 25.0 Å². The van der Waals surface area contributed by atoms with Crippen LogP contribution in [0.4, 0.5) is 0 Å². The molecule has 1 unspecified atom stereocenters. The van der Waals surface area contributed by atoms with E-state index in [-0.39, 0.29) is 5.91 Å². The zero-order valence-electron chi connectivity index (χ0n) is 12.9. The van der Waals surface area contributed by atoms with E-state index in [9.17, 15) is 4.79 Å². The maximum absolute atomic E-state index is 12.2. The fraction of sp³-hybridized carbons (Fsp3) is 0.611. The first-order chi connectivity index (χ1) is 10.2. The zero-order valence-corrected chi connectivity index (χ0v) is 12.9. The van der Waals surface area contributed by atoms with E-state index >= 15 is 0 Å². The van der Waals surface area contributed by atoms with Crippen LogP contribution in [0.15, 0.2) is 18.2 Å². The van der Waals surface area contributed by atoms with Crippen LogP contribution >= 0.6 is 0 Å². The molecule has 1 fully saturated rings. The maximum atomic E-state index is 12.2. The van der Waals surface area contributed by atoms with Crippen molar-refractivity contribution in [3.63, 3.8) is 0 Å². The third kappa shape index (κ3) is 3.58. The van der Waals surface area contributed by atoms with Crippen molar-refractivity contribution in [3.8, 4) is 5.75 Å². The standard InChI is InChI=1S/C18H25NO2/c1-13(18(20)19-16-8-3-2-4-9-16)21-17-11-10-14-6-5-7-15(14)12-17/h10-13,16H,2-9H2,1H3,(H,19,20). The molecule has 114 valence electrons. The fourth-order valence-electron chi connectivity index (χ4n) is 3.44. The third-order valence-corrected chi connectivity index (χ3v) is 4.70. The van der Waals surface area contributed by atoms with Crippen molar-refractivity contribution in [2.45, 2.75) is 70.4 Å². The Hall–Kier alpha value is -1.51. The van der Waals surface area contributed by atoms with Gasteiger partial charge in [-0.2, -0.15) is 0 Å². The Morgan fingerprint density at radius 1 is 1.14 bits per heavy atom. The Morgan fingerprint density at radius 2 is 1.90 bits per heavy atom. The van der Waals surface area contributed by atoms with E-state index in [2.05, 4.69) is 17.4 Å². The van der Waals surface area contributed by atoms with Crippen LogP contribution in [0.2, 0.25) is 0 Å². The molecule has 0 heterocycles. The average Bonchev–Trinajstić information content (AvgIpc) is 2.95. The van der Waals surface area contributed by atoms with Gasteiger partial charge in [-0.1, -0.05) is 25.3 Å². The quantitative estimate of drug-likeness (QED) is 0.922. The molecule has 3 rings (SSSR count). The molecule has 21 heavy (non-hydrogen) atoms. The molecule has 3 heteroatoms. The number of hydrogen-bond donors (Lipinski definition) is 1. The molecule has 1 aromatic rings. The summed E-state index contributed by atoms with van der Waals surface area (Å²) in [5.41, 5.74) is 2.81. The monoisotopic (exact) mass is 287 g/mol. The number of fused-ring (bicyclic) bond motifs is 1. The van der Waals surface area contributed by atoms with Crippen molar-refractivity contribution in [1.82, 2.24) is 5.32 Å². The highest BCUT2D eigenvalue weighted by Gasteiger charge is 2.21. The Kier molecular flexibility index (Phi) is 4.47. The van der Waals surface area contributed by atoms with Gasteiger partial charge in [-0.3, -0.25) is 4.79 Å². The predicted octanol–water partition coefficient (Wildman–Crippen LogP) is 3.39. The molecule has 1 saturated carbocycles. The van der Waals surface area contributed by atoms with E-state index in [4.69, 9.17) is 4.74 Å². The van der Waals surface area contributed by atoms with Gasteiger partial charge in [0, 0.05) is 6.04 Å². The normalized spacial score (nSPS) is 19.9. The summed E-state index contributed by atoms with van der Waals surface area (Å²) in [5, 5.41) is 3.13. The Bertz CT molecular complexity index is 506. The van der Waals surface area contributed by atoms with Gasteiger partial charge >= 0.3 is 0 Å². The number of aryl methyl sites for hydroxylation is 2. The van der Waals surface area contributed by atoms with Gasteiger partial charge < -0.3 is 10.1 Å². The first-order valence-electron chi connectivity index (χ1n) is 8.31. The molecular formula is C18H25NO2. The summed E-state index contributed by atoms with van der Waals surface area (Å²) in [7, 11) is 0. The Labute approximate surface area is 127 Å². The molecule has 0 radical (unpaired) electrons. The predicted molar refractivity (Wildman–Crippen MR) is 83.6 cm³/mol. The van der Waals surface area contributed by atoms with Crippen LogP contribution in [0.3, 0.4) is 0 Å². The van der Waals surface area contributed by atoms with E-state index in [1.807, 2.05) is 13.0 Å². The van der Waals surface area contributed by atoms with Crippen LogP contribution in [0.1, 0.15) is 56.6 Å². The van der Waals surface area contributed by atoms with Crippen LogP contribution in [-0.4, -0.2) is 18.1 Å². The van der Waals surface area contributed by atoms with Gasteiger partial charge in [-0.15, -0.1) is 0 Å². The van der Waals surface area contributed by atoms with E-state index in [1.165, 1.54) is 43.2 Å². The minimum absolute atomic E-state index is 0.0161. The summed E-state index contributed by atoms with van der Waals surface area (Å²) < 4.78 is 5.83. The fourth-order valence-corrected chi connectivity index (χ4v) is 3.44. The van der Waals surface area contributed by atoms with Gasteiger partial charge in [-0.05, 0) is 62.3 Å². The first kappa shape index (κ1) is 14.4. The molecule has 2 aliphatic rings. The molecule has 0 aromatic heterocycles. The second-order valence-corrected chi connectivity index (χ2v) is 6.39. The number of carbonyl (C=O) groups excluding carboxylic acids is 1. The van der Waals surface area contributed by atoms with Crippen LogP contribution in [0, 0.1) is 0 Å². The molecule has 0 spiro atoms. The van der Waals surface area contributed by atoms with Crippen molar-refractivity contribution in [1.29, 1.82) is 0 Å². The highest BCUT2D eigenvalue weighted by molar-refractivity contribution is 5.81. The molecule has 2 aliphatic carbocycles. The maximum Gasteiger partial charge on any atom is 0.260 e. The van der Waals surface area contributed by atoms with E-state index in [0.29, 0.717) is 6.04 Å². The minimum atomic E-state index is -0.425. The number of carbonyl (C=O) groups is 1. The molecule has 0 aliphatic heterocycles. The smallest absolute Gasteiger partial charge is 0.260 e. The molecule has 0 saturated heterocycles.